The van der Waals surface area contributed by atoms with Gasteiger partial charge < -0.3 is 11.1 Å². The van der Waals surface area contributed by atoms with E-state index in [0.717, 1.165) is 11.3 Å². The maximum atomic E-state index is 14.3. The average molecular weight is 621 g/mol. The van der Waals surface area contributed by atoms with E-state index in [9.17, 15) is 9.59 Å². The Morgan fingerprint density at radius 3 is 2.62 bits per heavy atom. The Labute approximate surface area is 248 Å². The first-order valence-corrected chi connectivity index (χ1v) is 13.9. The predicted molar refractivity (Wildman–Crippen MR) is 164 cm³/mol. The highest BCUT2D eigenvalue weighted by atomic mass is 79.9. The monoisotopic (exact) mass is 620 g/mol. The maximum absolute atomic E-state index is 14.3. The normalized spacial score (nSPS) is 11.8. The molecular formula is C31H25BrN8O2. The molecule has 0 spiro atoms. The van der Waals surface area contributed by atoms with Gasteiger partial charge in [-0.2, -0.15) is 5.10 Å². The summed E-state index contributed by atoms with van der Waals surface area (Å²) in [6.07, 6.45) is 5.19. The number of carbonyl (C=O) groups is 1. The van der Waals surface area contributed by atoms with Crippen LogP contribution in [-0.4, -0.2) is 34.9 Å². The van der Waals surface area contributed by atoms with Crippen molar-refractivity contribution in [3.8, 4) is 17.5 Å². The lowest BCUT2D eigenvalue weighted by Crippen LogP contribution is -2.33. The second kappa shape index (κ2) is 10.6. The fourth-order valence-electron chi connectivity index (χ4n) is 4.96. The van der Waals surface area contributed by atoms with Crippen molar-refractivity contribution in [2.45, 2.75) is 19.9 Å². The Morgan fingerprint density at radius 2 is 1.88 bits per heavy atom. The molecule has 10 nitrogen and oxygen atoms in total. The number of halogens is 1. The summed E-state index contributed by atoms with van der Waals surface area (Å²) in [5, 5.41) is 12.5. The number of hydrogen-bond donors (Lipinski definition) is 2. The van der Waals surface area contributed by atoms with Gasteiger partial charge in [0.15, 0.2) is 11.5 Å². The number of nitrogens with zero attached hydrogens (tertiary/aromatic N) is 6. The number of para-hydroxylation sites is 1. The van der Waals surface area contributed by atoms with Gasteiger partial charge in [0.05, 0.1) is 28.9 Å². The number of hydrogen-bond acceptors (Lipinski definition) is 6. The van der Waals surface area contributed by atoms with E-state index >= 15 is 0 Å². The second-order valence-corrected chi connectivity index (χ2v) is 10.6. The van der Waals surface area contributed by atoms with E-state index in [1.165, 1.54) is 4.52 Å². The highest BCUT2D eigenvalue weighted by Gasteiger charge is 2.26. The van der Waals surface area contributed by atoms with Gasteiger partial charge in [-0.1, -0.05) is 42.2 Å². The van der Waals surface area contributed by atoms with Gasteiger partial charge in [-0.25, -0.2) is 9.50 Å². The van der Waals surface area contributed by atoms with E-state index in [1.807, 2.05) is 75.6 Å². The van der Waals surface area contributed by atoms with Crippen LogP contribution in [0.1, 0.15) is 45.8 Å². The zero-order valence-corrected chi connectivity index (χ0v) is 24.5. The number of amides is 1. The lowest BCUT2D eigenvalue weighted by Gasteiger charge is -2.23. The fourth-order valence-corrected chi connectivity index (χ4v) is 5.81. The number of benzene rings is 2. The lowest BCUT2D eigenvalue weighted by atomic mass is 10.0. The number of nitrogens with one attached hydrogen (secondary N) is 1. The average Bonchev–Trinajstić information content (AvgIpc) is 3.54. The van der Waals surface area contributed by atoms with Gasteiger partial charge >= 0.3 is 0 Å². The quantitative estimate of drug-likeness (QED) is 0.283. The highest BCUT2D eigenvalue weighted by Crippen LogP contribution is 2.33. The maximum Gasteiger partial charge on any atom is 0.264 e. The minimum absolute atomic E-state index is 0.0626. The third-order valence-corrected chi connectivity index (χ3v) is 7.71. The van der Waals surface area contributed by atoms with E-state index in [0.29, 0.717) is 37.8 Å². The largest absolute Gasteiger partial charge is 0.381 e. The second-order valence-electron chi connectivity index (χ2n) is 9.85. The Balaban J connectivity index is 1.51. The molecule has 0 aliphatic carbocycles. The van der Waals surface area contributed by atoms with E-state index in [1.54, 1.807) is 27.7 Å². The van der Waals surface area contributed by atoms with Crippen LogP contribution < -0.4 is 16.6 Å². The third-order valence-electron chi connectivity index (χ3n) is 6.88. The molecule has 0 radical (unpaired) electrons. The van der Waals surface area contributed by atoms with Gasteiger partial charge in [0.25, 0.3) is 11.5 Å². The third kappa shape index (κ3) is 4.71. The fraction of sp³-hybridized carbons (Fsp3) is 0.129. The van der Waals surface area contributed by atoms with Crippen LogP contribution in [0.2, 0.25) is 0 Å². The first-order chi connectivity index (χ1) is 20.2. The standard InChI is InChI=1S/C31H25BrN8O2/c1-18-14-15-39-29(35-18)25(28(33)37-39)30(41)36-19(2)27-26(32)23-11-7-8-21(13-12-20-16-34-38(3)17-20)24(23)31(42)40(27)22-9-5-4-6-10-22/h4-11,14-17,19H,1-3H3,(H2,33,37)(H,36,41)/t19-/m0/s1. The highest BCUT2D eigenvalue weighted by molar-refractivity contribution is 9.10. The van der Waals surface area contributed by atoms with Crippen molar-refractivity contribution in [2.75, 3.05) is 5.73 Å². The first kappa shape index (κ1) is 27.0. The van der Waals surface area contributed by atoms with Gasteiger partial charge in [0, 0.05) is 46.2 Å². The summed E-state index contributed by atoms with van der Waals surface area (Å²) in [6, 6.07) is 16.0. The number of aromatic nitrogens is 6. The Kier molecular flexibility index (Phi) is 6.84. The molecular weight excluding hydrogens is 596 g/mol. The summed E-state index contributed by atoms with van der Waals surface area (Å²) in [4.78, 5) is 32.4. The van der Waals surface area contributed by atoms with Crippen molar-refractivity contribution >= 4 is 44.1 Å². The molecule has 1 atom stereocenters. The number of fused-ring (bicyclic) bond motifs is 2. The molecule has 0 bridgehead atoms. The van der Waals surface area contributed by atoms with Crippen LogP contribution in [-0.2, 0) is 7.05 Å². The minimum Gasteiger partial charge on any atom is -0.381 e. The summed E-state index contributed by atoms with van der Waals surface area (Å²) < 4.78 is 5.41. The summed E-state index contributed by atoms with van der Waals surface area (Å²) >= 11 is 3.77. The zero-order valence-electron chi connectivity index (χ0n) is 23.0. The van der Waals surface area contributed by atoms with Crippen molar-refractivity contribution in [1.82, 2.24) is 34.3 Å². The first-order valence-electron chi connectivity index (χ1n) is 13.1. The number of aryl methyl sites for hydroxylation is 2. The summed E-state index contributed by atoms with van der Waals surface area (Å²) in [5.74, 6) is 5.86. The van der Waals surface area contributed by atoms with Gasteiger partial charge in [-0.3, -0.25) is 18.8 Å². The van der Waals surface area contributed by atoms with Gasteiger partial charge in [0.2, 0.25) is 0 Å². The Hall–Kier alpha value is -5.21. The Bertz CT molecular complexity index is 2130. The predicted octanol–water partition coefficient (Wildman–Crippen LogP) is 4.31. The molecule has 0 saturated heterocycles. The molecule has 2 aromatic carbocycles. The van der Waals surface area contributed by atoms with Crippen LogP contribution in [0.15, 0.2) is 82.5 Å². The van der Waals surface area contributed by atoms with Crippen LogP contribution in [0.25, 0.3) is 22.1 Å². The van der Waals surface area contributed by atoms with Crippen molar-refractivity contribution in [3.05, 3.63) is 116 Å². The van der Waals surface area contributed by atoms with Gasteiger partial charge in [-0.15, -0.1) is 5.10 Å². The van der Waals surface area contributed by atoms with E-state index in [2.05, 4.69) is 48.3 Å². The van der Waals surface area contributed by atoms with Gasteiger partial charge in [-0.05, 0) is 54.0 Å². The van der Waals surface area contributed by atoms with Crippen LogP contribution in [0, 0.1) is 18.8 Å². The number of pyridine rings is 1. The smallest absolute Gasteiger partial charge is 0.264 e. The molecule has 6 aromatic rings. The number of nitrogens with two attached hydrogens (primary N) is 1. The number of rotatable bonds is 4. The summed E-state index contributed by atoms with van der Waals surface area (Å²) in [7, 11) is 1.82. The molecule has 4 aromatic heterocycles. The molecule has 0 aliphatic rings. The summed E-state index contributed by atoms with van der Waals surface area (Å²) in [6.45, 7) is 3.64. The van der Waals surface area contributed by atoms with Gasteiger partial charge in [0.1, 0.15) is 5.56 Å². The van der Waals surface area contributed by atoms with Crippen LogP contribution >= 0.6 is 15.9 Å². The van der Waals surface area contributed by atoms with Crippen molar-refractivity contribution in [3.63, 3.8) is 0 Å². The molecule has 1 amide bonds. The summed E-state index contributed by atoms with van der Waals surface area (Å²) in [5.41, 5.74) is 9.64. The number of nitrogen functional groups attached to an aromatic ring is 1. The molecule has 6 rings (SSSR count). The zero-order chi connectivity index (χ0) is 29.5. The number of carbonyl (C=O) groups excluding carboxylic acids is 1. The molecule has 3 N–H and O–H groups in total. The molecule has 208 valence electrons. The molecule has 0 aliphatic heterocycles. The number of anilines is 1. The molecule has 11 heteroatoms. The minimum atomic E-state index is -0.631. The lowest BCUT2D eigenvalue weighted by molar-refractivity contribution is 0.0941. The van der Waals surface area contributed by atoms with Crippen LogP contribution in [0.4, 0.5) is 5.82 Å². The van der Waals surface area contributed by atoms with Crippen molar-refractivity contribution < 1.29 is 4.79 Å². The van der Waals surface area contributed by atoms with Crippen LogP contribution in [0.5, 0.6) is 0 Å². The Morgan fingerprint density at radius 1 is 1.10 bits per heavy atom. The van der Waals surface area contributed by atoms with E-state index < -0.39 is 11.9 Å². The van der Waals surface area contributed by atoms with Crippen molar-refractivity contribution in [2.24, 2.45) is 7.05 Å². The van der Waals surface area contributed by atoms with E-state index in [-0.39, 0.29) is 16.9 Å². The van der Waals surface area contributed by atoms with Crippen LogP contribution in [0.3, 0.4) is 0 Å². The molecule has 0 fully saturated rings. The van der Waals surface area contributed by atoms with E-state index in [4.69, 9.17) is 5.73 Å². The molecule has 0 unspecified atom stereocenters. The van der Waals surface area contributed by atoms with Crippen molar-refractivity contribution in [1.29, 1.82) is 0 Å². The molecule has 42 heavy (non-hydrogen) atoms. The topological polar surface area (TPSA) is 125 Å². The molecule has 0 saturated carbocycles. The SMILES string of the molecule is Cc1ccn2nc(N)c(C(=O)N[C@@H](C)c3c(Br)c4cccc(C#Cc5cnn(C)c5)c4c(=O)n3-c3ccccc3)c2n1. The molecule has 4 heterocycles.